The number of fused-ring (bicyclic) bond motifs is 1. The molecule has 2 aromatic heterocycles. The van der Waals surface area contributed by atoms with Crippen LogP contribution in [0.15, 0.2) is 21.3 Å². The number of rotatable bonds is 1. The molecule has 0 bridgehead atoms. The number of alkyl halides is 3. The zero-order valence-corrected chi connectivity index (χ0v) is 9.96. The van der Waals surface area contributed by atoms with E-state index in [1.54, 1.807) is 19.9 Å². The Labute approximate surface area is 104 Å². The fourth-order valence-electron chi connectivity index (χ4n) is 1.75. The maximum atomic E-state index is 12.3. The summed E-state index contributed by atoms with van der Waals surface area (Å²) >= 11 is 0. The van der Waals surface area contributed by atoms with E-state index in [0.29, 0.717) is 17.3 Å². The lowest BCUT2D eigenvalue weighted by Crippen LogP contribution is -2.24. The van der Waals surface area contributed by atoms with E-state index in [-0.39, 0.29) is 11.1 Å². The topological polar surface area (TPSA) is 60.2 Å². The normalized spacial score (nSPS) is 11.8. The van der Waals surface area contributed by atoms with Crippen molar-refractivity contribution in [1.82, 2.24) is 4.98 Å². The van der Waals surface area contributed by atoms with Crippen molar-refractivity contribution < 1.29 is 22.4 Å². The summed E-state index contributed by atoms with van der Waals surface area (Å²) in [6.45, 7) is 3.21. The van der Waals surface area contributed by atoms with Crippen molar-refractivity contribution in [2.45, 2.75) is 20.0 Å². The molecule has 0 radical (unpaired) electrons. The molecule has 19 heavy (non-hydrogen) atoms. The van der Waals surface area contributed by atoms with Crippen LogP contribution < -0.4 is 5.43 Å². The molecule has 2 aromatic rings. The molecular weight excluding hydrogens is 263 g/mol. The van der Waals surface area contributed by atoms with Gasteiger partial charge in [0.05, 0.1) is 5.39 Å². The molecule has 0 aliphatic carbocycles. The first-order valence-electron chi connectivity index (χ1n) is 5.24. The van der Waals surface area contributed by atoms with Gasteiger partial charge in [0.2, 0.25) is 5.71 Å². The van der Waals surface area contributed by atoms with Gasteiger partial charge in [-0.2, -0.15) is 13.2 Å². The van der Waals surface area contributed by atoms with Crippen LogP contribution in [0.4, 0.5) is 13.2 Å². The quantitative estimate of drug-likeness (QED) is 0.748. The van der Waals surface area contributed by atoms with Crippen LogP contribution in [-0.4, -0.2) is 16.9 Å². The van der Waals surface area contributed by atoms with Crippen LogP contribution in [0.25, 0.3) is 11.1 Å². The highest BCUT2D eigenvalue weighted by atomic mass is 19.4. The molecule has 0 atom stereocenters. The molecule has 0 spiro atoms. The number of aryl methyl sites for hydroxylation is 2. The van der Waals surface area contributed by atoms with Gasteiger partial charge in [0.1, 0.15) is 0 Å². The van der Waals surface area contributed by atoms with E-state index >= 15 is 0 Å². The molecule has 7 heteroatoms. The van der Waals surface area contributed by atoms with Crippen LogP contribution in [0.5, 0.6) is 0 Å². The largest absolute Gasteiger partial charge is 0.458 e. The summed E-state index contributed by atoms with van der Waals surface area (Å²) in [4.78, 5) is 26.6. The minimum absolute atomic E-state index is 0.0734. The van der Waals surface area contributed by atoms with Crippen LogP contribution in [0.1, 0.15) is 21.8 Å². The monoisotopic (exact) mass is 271 g/mol. The zero-order chi connectivity index (χ0) is 14.4. The van der Waals surface area contributed by atoms with Crippen LogP contribution in [0.2, 0.25) is 0 Å². The van der Waals surface area contributed by atoms with Crippen LogP contribution in [-0.2, 0) is 0 Å². The molecular formula is C12H8F3NO3. The second-order valence-corrected chi connectivity index (χ2v) is 4.06. The second kappa shape index (κ2) is 4.18. The van der Waals surface area contributed by atoms with E-state index in [1.165, 1.54) is 0 Å². The van der Waals surface area contributed by atoms with E-state index in [2.05, 4.69) is 4.98 Å². The number of hydrogen-bond donors (Lipinski definition) is 0. The first-order valence-corrected chi connectivity index (χ1v) is 5.24. The maximum Gasteiger partial charge on any atom is 0.458 e. The molecule has 2 heterocycles. The van der Waals surface area contributed by atoms with E-state index in [9.17, 15) is 22.8 Å². The van der Waals surface area contributed by atoms with Gasteiger partial charge < -0.3 is 4.42 Å². The van der Waals surface area contributed by atoms with Crippen molar-refractivity contribution in [3.63, 3.8) is 0 Å². The van der Waals surface area contributed by atoms with Gasteiger partial charge in [-0.25, -0.2) is 4.98 Å². The molecule has 0 aliphatic heterocycles. The number of halogens is 3. The minimum Gasteiger partial charge on any atom is -0.434 e. The molecule has 2 rings (SSSR count). The Kier molecular flexibility index (Phi) is 2.92. The lowest BCUT2D eigenvalue weighted by Gasteiger charge is -2.06. The third kappa shape index (κ3) is 2.35. The molecule has 0 aromatic carbocycles. The third-order valence-corrected chi connectivity index (χ3v) is 2.51. The standard InChI is InChI=1S/C12H8F3NO3/c1-5-3-6(2)16-11-9(5)7(17)4-8(19-11)10(18)12(13,14)15/h3-4H,1-2H3. The van der Waals surface area contributed by atoms with E-state index in [0.717, 1.165) is 0 Å². The van der Waals surface area contributed by atoms with E-state index in [1.807, 2.05) is 0 Å². The van der Waals surface area contributed by atoms with Crippen molar-refractivity contribution in [2.75, 3.05) is 0 Å². The highest BCUT2D eigenvalue weighted by Gasteiger charge is 2.41. The Bertz CT molecular complexity index is 731. The Morgan fingerprint density at radius 2 is 1.89 bits per heavy atom. The first-order chi connectivity index (χ1) is 8.70. The predicted octanol–water partition coefficient (Wildman–Crippen LogP) is 2.55. The number of carbonyl (C=O) groups excluding carboxylic acids is 1. The number of pyridine rings is 1. The highest BCUT2D eigenvalue weighted by molar-refractivity contribution is 5.98. The molecule has 0 saturated carbocycles. The number of ketones is 1. The van der Waals surface area contributed by atoms with Gasteiger partial charge in [-0.05, 0) is 25.5 Å². The van der Waals surface area contributed by atoms with Gasteiger partial charge in [-0.1, -0.05) is 0 Å². The van der Waals surface area contributed by atoms with Crippen molar-refractivity contribution in [3.05, 3.63) is 39.4 Å². The molecule has 0 fully saturated rings. The Balaban J connectivity index is 2.76. The molecule has 0 saturated heterocycles. The average molecular weight is 271 g/mol. The molecule has 0 N–H and O–H groups in total. The number of hydrogen-bond acceptors (Lipinski definition) is 4. The van der Waals surface area contributed by atoms with Crippen LogP contribution in [0, 0.1) is 13.8 Å². The van der Waals surface area contributed by atoms with Crippen molar-refractivity contribution in [3.8, 4) is 0 Å². The van der Waals surface area contributed by atoms with Gasteiger partial charge in [-0.15, -0.1) is 0 Å². The molecule has 100 valence electrons. The summed E-state index contributed by atoms with van der Waals surface area (Å²) in [7, 11) is 0. The summed E-state index contributed by atoms with van der Waals surface area (Å²) < 4.78 is 41.7. The smallest absolute Gasteiger partial charge is 0.434 e. The fraction of sp³-hybridized carbons (Fsp3) is 0.250. The van der Waals surface area contributed by atoms with Crippen LogP contribution >= 0.6 is 0 Å². The summed E-state index contributed by atoms with van der Waals surface area (Å²) in [6.07, 6.45) is -5.09. The van der Waals surface area contributed by atoms with Gasteiger partial charge in [0, 0.05) is 11.8 Å². The van der Waals surface area contributed by atoms with Crippen molar-refractivity contribution in [2.24, 2.45) is 0 Å². The van der Waals surface area contributed by atoms with Gasteiger partial charge in [0.15, 0.2) is 11.2 Å². The second-order valence-electron chi connectivity index (χ2n) is 4.06. The van der Waals surface area contributed by atoms with Gasteiger partial charge in [0.25, 0.3) is 0 Å². The number of nitrogens with zero attached hydrogens (tertiary/aromatic N) is 1. The molecule has 0 amide bonds. The first kappa shape index (κ1) is 13.3. The maximum absolute atomic E-state index is 12.3. The highest BCUT2D eigenvalue weighted by Crippen LogP contribution is 2.23. The van der Waals surface area contributed by atoms with Crippen molar-refractivity contribution in [1.29, 1.82) is 0 Å². The molecule has 0 unspecified atom stereocenters. The van der Waals surface area contributed by atoms with Gasteiger partial charge in [-0.3, -0.25) is 9.59 Å². The van der Waals surface area contributed by atoms with Crippen LogP contribution in [0.3, 0.4) is 0 Å². The minimum atomic E-state index is -5.09. The lowest BCUT2D eigenvalue weighted by atomic mass is 10.1. The Morgan fingerprint density at radius 3 is 2.47 bits per heavy atom. The van der Waals surface area contributed by atoms with Crippen molar-refractivity contribution >= 4 is 16.9 Å². The van der Waals surface area contributed by atoms with E-state index < -0.39 is 23.1 Å². The number of Topliss-reactive ketones (excluding diaryl/α,β-unsaturated/α-hetero) is 1. The third-order valence-electron chi connectivity index (χ3n) is 2.51. The summed E-state index contributed by atoms with van der Waals surface area (Å²) in [6, 6.07) is 2.15. The fourth-order valence-corrected chi connectivity index (χ4v) is 1.75. The Morgan fingerprint density at radius 1 is 1.26 bits per heavy atom. The summed E-state index contributed by atoms with van der Waals surface area (Å²) in [5.74, 6) is -3.25. The molecule has 4 nitrogen and oxygen atoms in total. The van der Waals surface area contributed by atoms with E-state index in [4.69, 9.17) is 4.42 Å². The van der Waals surface area contributed by atoms with Gasteiger partial charge >= 0.3 is 12.0 Å². The Hall–Kier alpha value is -2.18. The predicted molar refractivity (Wildman–Crippen MR) is 60.1 cm³/mol. The summed E-state index contributed by atoms with van der Waals surface area (Å²) in [5, 5.41) is 0.0734. The number of carbonyl (C=O) groups is 1. The SMILES string of the molecule is Cc1cc(C)c2c(=O)cc(C(=O)C(F)(F)F)oc2n1. The summed E-state index contributed by atoms with van der Waals surface area (Å²) in [5.41, 5.74) is 0.0171. The average Bonchev–Trinajstić information content (AvgIpc) is 2.24. The molecule has 0 aliphatic rings. The number of aromatic nitrogens is 1. The zero-order valence-electron chi connectivity index (χ0n) is 9.96. The lowest BCUT2D eigenvalue weighted by molar-refractivity contribution is -0.0899.